The summed E-state index contributed by atoms with van der Waals surface area (Å²) in [7, 11) is 0. The minimum atomic E-state index is -0.238. The van der Waals surface area contributed by atoms with Crippen molar-refractivity contribution in [2.45, 2.75) is 46.2 Å². The van der Waals surface area contributed by atoms with E-state index in [2.05, 4.69) is 37.6 Å². The molecule has 1 unspecified atom stereocenters. The van der Waals surface area contributed by atoms with Gasteiger partial charge in [-0.25, -0.2) is 9.98 Å². The molecule has 1 amide bonds. The Bertz CT molecular complexity index is 886. The molecule has 32 heavy (non-hydrogen) atoms. The summed E-state index contributed by atoms with van der Waals surface area (Å²) in [6, 6.07) is 3.95. The Morgan fingerprint density at radius 2 is 2.19 bits per heavy atom. The number of anilines is 1. The molecule has 2 aromatic heterocycles. The molecule has 0 aromatic carbocycles. The van der Waals surface area contributed by atoms with Crippen molar-refractivity contribution in [3.05, 3.63) is 36.0 Å². The number of primary amides is 1. The van der Waals surface area contributed by atoms with Crippen LogP contribution in [0.2, 0.25) is 0 Å². The maximum absolute atomic E-state index is 11.7. The molecule has 0 bridgehead atoms. The number of rotatable bonds is 9. The topological polar surface area (TPSA) is 126 Å². The summed E-state index contributed by atoms with van der Waals surface area (Å²) in [6.07, 6.45) is 6.16. The number of aromatic nitrogens is 4. The Labute approximate surface area is 206 Å². The highest BCUT2D eigenvalue weighted by molar-refractivity contribution is 14.0. The van der Waals surface area contributed by atoms with Crippen molar-refractivity contribution >= 4 is 41.7 Å². The molecule has 1 saturated heterocycles. The molecule has 0 radical (unpaired) electrons. The number of guanidine groups is 1. The van der Waals surface area contributed by atoms with Gasteiger partial charge >= 0.3 is 0 Å². The minimum absolute atomic E-state index is 0. The lowest BCUT2D eigenvalue weighted by atomic mass is 9.97. The maximum Gasteiger partial charge on any atom is 0.222 e. The lowest BCUT2D eigenvalue weighted by Crippen LogP contribution is -2.42. The average Bonchev–Trinajstić information content (AvgIpc) is 3.25. The van der Waals surface area contributed by atoms with Crippen LogP contribution >= 0.6 is 24.0 Å². The normalized spacial score (nSPS) is 16.4. The van der Waals surface area contributed by atoms with E-state index in [1.54, 1.807) is 12.5 Å². The van der Waals surface area contributed by atoms with Gasteiger partial charge in [-0.05, 0) is 25.8 Å². The first-order chi connectivity index (χ1) is 15.1. The zero-order chi connectivity index (χ0) is 22.1. The van der Waals surface area contributed by atoms with Crippen molar-refractivity contribution in [1.29, 1.82) is 0 Å². The zero-order valence-corrected chi connectivity index (χ0v) is 21.2. The van der Waals surface area contributed by atoms with Gasteiger partial charge in [0.2, 0.25) is 5.91 Å². The first-order valence-electron chi connectivity index (χ1n) is 11.0. The number of aryl methyl sites for hydroxylation is 1. The molecule has 1 atom stereocenters. The number of nitrogens with zero attached hydrogens (tertiary/aromatic N) is 6. The van der Waals surface area contributed by atoms with Gasteiger partial charge in [0, 0.05) is 50.9 Å². The number of nitrogens with one attached hydrogen (secondary N) is 2. The van der Waals surface area contributed by atoms with E-state index in [4.69, 9.17) is 10.7 Å². The Morgan fingerprint density at radius 3 is 2.94 bits per heavy atom. The largest absolute Gasteiger partial charge is 0.369 e. The number of hydrogen-bond acceptors (Lipinski definition) is 6. The van der Waals surface area contributed by atoms with Gasteiger partial charge < -0.3 is 25.8 Å². The van der Waals surface area contributed by atoms with Crippen LogP contribution in [-0.2, 0) is 24.3 Å². The highest BCUT2D eigenvalue weighted by atomic mass is 127. The van der Waals surface area contributed by atoms with Crippen molar-refractivity contribution in [1.82, 2.24) is 30.4 Å². The first kappa shape index (κ1) is 25.8. The predicted octanol–water partition coefficient (Wildman–Crippen LogP) is 1.31. The summed E-state index contributed by atoms with van der Waals surface area (Å²) in [5.74, 6) is 2.23. The van der Waals surface area contributed by atoms with Crippen molar-refractivity contribution in [2.75, 3.05) is 31.1 Å². The molecule has 1 aliphatic rings. The SMILES string of the molecule is CCNC(=NCc1cccnc1N1CCCC(C(N)=O)C1)NCCn1cnnc1CC.I. The van der Waals surface area contributed by atoms with Crippen LogP contribution in [0.5, 0.6) is 0 Å². The quantitative estimate of drug-likeness (QED) is 0.242. The van der Waals surface area contributed by atoms with Gasteiger partial charge in [-0.3, -0.25) is 4.79 Å². The van der Waals surface area contributed by atoms with Gasteiger partial charge in [-0.1, -0.05) is 13.0 Å². The smallest absolute Gasteiger partial charge is 0.222 e. The van der Waals surface area contributed by atoms with Crippen LogP contribution in [0, 0.1) is 5.92 Å². The second-order valence-electron chi connectivity index (χ2n) is 7.59. The Morgan fingerprint density at radius 1 is 1.34 bits per heavy atom. The number of nitrogens with two attached hydrogens (primary N) is 1. The fourth-order valence-corrected chi connectivity index (χ4v) is 3.78. The maximum atomic E-state index is 11.7. The van der Waals surface area contributed by atoms with Crippen LogP contribution in [-0.4, -0.2) is 57.8 Å². The number of carbonyl (C=O) groups excluding carboxylic acids is 1. The van der Waals surface area contributed by atoms with Gasteiger partial charge in [0.05, 0.1) is 12.5 Å². The number of carbonyl (C=O) groups is 1. The van der Waals surface area contributed by atoms with Gasteiger partial charge in [0.15, 0.2) is 5.96 Å². The van der Waals surface area contributed by atoms with Crippen molar-refractivity contribution in [3.63, 3.8) is 0 Å². The van der Waals surface area contributed by atoms with Crippen LogP contribution in [0.4, 0.5) is 5.82 Å². The van der Waals surface area contributed by atoms with Crippen LogP contribution in [0.25, 0.3) is 0 Å². The molecular formula is C21H34IN9O. The Balaban J connectivity index is 0.00000363. The standard InChI is InChI=1S/C21H33N9O.HI/c1-3-18-28-27-15-30(18)12-10-25-21(23-4-2)26-13-16-7-5-9-24-20(16)29-11-6-8-17(14-29)19(22)31;/h5,7,9,15,17H,3-4,6,8,10-14H2,1-2H3,(H2,22,31)(H2,23,25,26);1H. The van der Waals surface area contributed by atoms with E-state index in [0.717, 1.165) is 62.1 Å². The number of amides is 1. The van der Waals surface area contributed by atoms with Gasteiger partial charge in [-0.2, -0.15) is 0 Å². The molecule has 176 valence electrons. The minimum Gasteiger partial charge on any atom is -0.369 e. The van der Waals surface area contributed by atoms with Crippen LogP contribution < -0.4 is 21.3 Å². The van der Waals surface area contributed by atoms with Gasteiger partial charge in [0.25, 0.3) is 0 Å². The van der Waals surface area contributed by atoms with E-state index in [9.17, 15) is 4.79 Å². The van der Waals surface area contributed by atoms with Crippen molar-refractivity contribution < 1.29 is 4.79 Å². The summed E-state index contributed by atoms with van der Waals surface area (Å²) >= 11 is 0. The lowest BCUT2D eigenvalue weighted by Gasteiger charge is -2.33. The number of pyridine rings is 1. The van der Waals surface area contributed by atoms with E-state index >= 15 is 0 Å². The summed E-state index contributed by atoms with van der Waals surface area (Å²) < 4.78 is 2.04. The lowest BCUT2D eigenvalue weighted by molar-refractivity contribution is -0.122. The third-order valence-corrected chi connectivity index (χ3v) is 5.40. The fourth-order valence-electron chi connectivity index (χ4n) is 3.78. The third kappa shape index (κ3) is 7.04. The first-order valence-corrected chi connectivity index (χ1v) is 11.0. The van der Waals surface area contributed by atoms with E-state index in [-0.39, 0.29) is 35.8 Å². The molecule has 3 rings (SSSR count). The molecule has 11 heteroatoms. The number of piperidine rings is 1. The second-order valence-corrected chi connectivity index (χ2v) is 7.59. The van der Waals surface area contributed by atoms with E-state index in [1.807, 2.05) is 23.6 Å². The molecule has 4 N–H and O–H groups in total. The number of hydrogen-bond donors (Lipinski definition) is 3. The molecule has 2 aromatic rings. The highest BCUT2D eigenvalue weighted by Gasteiger charge is 2.25. The third-order valence-electron chi connectivity index (χ3n) is 5.40. The van der Waals surface area contributed by atoms with E-state index < -0.39 is 0 Å². The Hall–Kier alpha value is -2.44. The zero-order valence-electron chi connectivity index (χ0n) is 18.8. The molecule has 0 spiro atoms. The van der Waals surface area contributed by atoms with Gasteiger partial charge in [-0.15, -0.1) is 34.2 Å². The molecule has 3 heterocycles. The molecule has 1 aliphatic heterocycles. The molecule has 1 fully saturated rings. The van der Waals surface area contributed by atoms with Crippen LogP contribution in [0.15, 0.2) is 29.6 Å². The van der Waals surface area contributed by atoms with E-state index in [0.29, 0.717) is 19.6 Å². The van der Waals surface area contributed by atoms with Gasteiger partial charge in [0.1, 0.15) is 18.0 Å². The molecule has 10 nitrogen and oxygen atoms in total. The summed E-state index contributed by atoms with van der Waals surface area (Å²) in [5, 5.41) is 14.7. The van der Waals surface area contributed by atoms with Crippen LogP contribution in [0.3, 0.4) is 0 Å². The summed E-state index contributed by atoms with van der Waals surface area (Å²) in [5.41, 5.74) is 6.57. The van der Waals surface area contributed by atoms with E-state index in [1.165, 1.54) is 0 Å². The summed E-state index contributed by atoms with van der Waals surface area (Å²) in [4.78, 5) is 23.1. The highest BCUT2D eigenvalue weighted by Crippen LogP contribution is 2.24. The number of aliphatic imine (C=N–C) groups is 1. The van der Waals surface area contributed by atoms with Crippen molar-refractivity contribution in [3.8, 4) is 0 Å². The number of halogens is 1. The monoisotopic (exact) mass is 555 g/mol. The molecular weight excluding hydrogens is 521 g/mol. The van der Waals surface area contributed by atoms with Crippen LogP contribution in [0.1, 0.15) is 38.1 Å². The molecule has 0 aliphatic carbocycles. The molecule has 0 saturated carbocycles. The predicted molar refractivity (Wildman–Crippen MR) is 136 cm³/mol. The second kappa shape index (κ2) is 13.2. The fraction of sp³-hybridized carbons (Fsp3) is 0.571. The van der Waals surface area contributed by atoms with Crippen molar-refractivity contribution in [2.24, 2.45) is 16.6 Å². The Kier molecular flexibility index (Phi) is 10.6. The summed E-state index contributed by atoms with van der Waals surface area (Å²) in [6.45, 7) is 8.32. The average molecular weight is 555 g/mol.